The van der Waals surface area contributed by atoms with E-state index < -0.39 is 35.7 Å². The highest BCUT2D eigenvalue weighted by Crippen LogP contribution is 2.24. The van der Waals surface area contributed by atoms with Gasteiger partial charge < -0.3 is 25.4 Å². The van der Waals surface area contributed by atoms with E-state index in [0.29, 0.717) is 6.42 Å². The smallest absolute Gasteiger partial charge is 0.119 e. The number of ether oxygens (including phenoxy) is 1. The number of hydrogen-bond acceptors (Lipinski definition) is 5. The Hall–Kier alpha value is -2.24. The van der Waals surface area contributed by atoms with Gasteiger partial charge in [-0.2, -0.15) is 0 Å². The second-order valence-electron chi connectivity index (χ2n) is 5.36. The Labute approximate surface area is 140 Å². The fourth-order valence-electron chi connectivity index (χ4n) is 2.23. The van der Waals surface area contributed by atoms with Crippen LogP contribution in [0.2, 0.25) is 0 Å². The first-order valence-electron chi connectivity index (χ1n) is 8.82. The van der Waals surface area contributed by atoms with Crippen molar-refractivity contribution in [2.75, 3.05) is 13.7 Å². The van der Waals surface area contributed by atoms with Crippen molar-refractivity contribution in [3.05, 3.63) is 53.5 Å². The third-order valence-electron chi connectivity index (χ3n) is 3.44. The van der Waals surface area contributed by atoms with Crippen LogP contribution in [0.25, 0.3) is 0 Å². The summed E-state index contributed by atoms with van der Waals surface area (Å²) >= 11 is 0. The summed E-state index contributed by atoms with van der Waals surface area (Å²) in [5.41, 5.74) is 0.872. The highest BCUT2D eigenvalue weighted by molar-refractivity contribution is 5.37. The van der Waals surface area contributed by atoms with E-state index >= 15 is 0 Å². The van der Waals surface area contributed by atoms with Crippen molar-refractivity contribution >= 4 is 0 Å². The lowest BCUT2D eigenvalue weighted by molar-refractivity contribution is 0.170. The lowest BCUT2D eigenvalue weighted by Crippen LogP contribution is -2.32. The third-order valence-corrected chi connectivity index (χ3v) is 3.44. The minimum absolute atomic E-state index is 0.000875. The highest BCUT2D eigenvalue weighted by atomic mass is 16.5. The van der Waals surface area contributed by atoms with Gasteiger partial charge in [-0.25, -0.2) is 0 Å². The second kappa shape index (κ2) is 7.85. The number of aromatic hydroxyl groups is 2. The van der Waals surface area contributed by atoms with Crippen LogP contribution in [0.5, 0.6) is 17.2 Å². The lowest BCUT2D eigenvalue weighted by Gasteiger charge is -2.18. The van der Waals surface area contributed by atoms with Crippen LogP contribution in [0.1, 0.15) is 28.3 Å². The number of methoxy groups -OCH3 is 1. The first-order chi connectivity index (χ1) is 12.3. The quantitative estimate of drug-likeness (QED) is 0.629. The molecule has 0 unspecified atom stereocenters. The van der Waals surface area contributed by atoms with Crippen LogP contribution >= 0.6 is 0 Å². The van der Waals surface area contributed by atoms with Crippen molar-refractivity contribution in [1.29, 1.82) is 0 Å². The van der Waals surface area contributed by atoms with Crippen molar-refractivity contribution in [2.45, 2.75) is 25.5 Å². The Kier molecular flexibility index (Phi) is 4.51. The molecule has 0 fully saturated rings. The minimum atomic E-state index is -1.27. The second-order valence-corrected chi connectivity index (χ2v) is 5.36. The minimum Gasteiger partial charge on any atom is -0.508 e. The molecule has 0 aromatic heterocycles. The molecule has 0 heterocycles. The normalized spacial score (nSPS) is 15.3. The first-order valence-corrected chi connectivity index (χ1v) is 7.32. The van der Waals surface area contributed by atoms with E-state index in [4.69, 9.17) is 8.85 Å². The summed E-state index contributed by atoms with van der Waals surface area (Å²) in [5, 5.41) is 32.8. The monoisotopic (exact) mass is 323 g/mol. The molecule has 5 nitrogen and oxygen atoms in total. The maximum Gasteiger partial charge on any atom is 0.119 e. The van der Waals surface area contributed by atoms with E-state index in [9.17, 15) is 15.3 Å². The zero-order valence-electron chi connectivity index (χ0n) is 16.1. The number of hydrogen-bond donors (Lipinski definition) is 4. The molecular formula is C18H23NO4. The van der Waals surface area contributed by atoms with Gasteiger partial charge in [0.15, 0.2) is 0 Å². The van der Waals surface area contributed by atoms with Gasteiger partial charge in [-0.15, -0.1) is 0 Å². The molecule has 5 heteroatoms. The highest BCUT2D eigenvalue weighted by Gasteiger charge is 2.12. The van der Waals surface area contributed by atoms with E-state index in [0.717, 1.165) is 11.3 Å². The molecule has 2 aromatic rings. The zero-order chi connectivity index (χ0) is 19.4. The summed E-state index contributed by atoms with van der Waals surface area (Å²) in [6.45, 7) is 1.97. The van der Waals surface area contributed by atoms with Crippen LogP contribution in [0.15, 0.2) is 42.4 Å². The molecule has 0 radical (unpaired) electrons. The van der Waals surface area contributed by atoms with Crippen LogP contribution in [0.3, 0.4) is 0 Å². The van der Waals surface area contributed by atoms with Crippen LogP contribution in [0, 0.1) is 0 Å². The van der Waals surface area contributed by atoms with Gasteiger partial charge in [0, 0.05) is 18.6 Å². The number of benzene rings is 2. The molecule has 2 aromatic carbocycles. The van der Waals surface area contributed by atoms with Gasteiger partial charge in [0.25, 0.3) is 0 Å². The number of phenolic OH excluding ortho intramolecular Hbond substituents is 2. The molecule has 4 N–H and O–H groups in total. The third kappa shape index (κ3) is 5.16. The largest absolute Gasteiger partial charge is 0.508 e. The van der Waals surface area contributed by atoms with Crippen LogP contribution in [-0.2, 0) is 6.42 Å². The molecule has 0 bridgehead atoms. The molecule has 2 atom stereocenters. The lowest BCUT2D eigenvalue weighted by atomic mass is 10.1. The molecule has 23 heavy (non-hydrogen) atoms. The van der Waals surface area contributed by atoms with Crippen LogP contribution in [-0.4, -0.2) is 35.0 Å². The van der Waals surface area contributed by atoms with Crippen molar-refractivity contribution in [3.8, 4) is 17.2 Å². The maximum absolute atomic E-state index is 10.3. The van der Waals surface area contributed by atoms with Gasteiger partial charge in [0.05, 0.1) is 17.3 Å². The summed E-state index contributed by atoms with van der Waals surface area (Å²) in [6.07, 6.45) is -0.578. The van der Waals surface area contributed by atoms with E-state index in [2.05, 4.69) is 5.32 Å². The number of aliphatic hydroxyl groups is 1. The van der Waals surface area contributed by atoms with Gasteiger partial charge in [-0.1, -0.05) is 12.1 Å². The Bertz CT molecular complexity index is 739. The number of aliphatic hydroxyl groups excluding tert-OH is 1. The Morgan fingerprint density at radius 2 is 1.74 bits per heavy atom. The predicted octanol–water partition coefficient (Wildman–Crippen LogP) is 2.36. The number of nitrogens with one attached hydrogen (secondary N) is 1. The molecule has 0 saturated heterocycles. The van der Waals surface area contributed by atoms with E-state index in [-0.39, 0.29) is 18.2 Å². The van der Waals surface area contributed by atoms with Gasteiger partial charge >= 0.3 is 0 Å². The molecule has 0 aliphatic rings. The first kappa shape index (κ1) is 13.2. The average molecular weight is 323 g/mol. The Morgan fingerprint density at radius 3 is 2.30 bits per heavy atom. The Balaban J connectivity index is 2.03. The summed E-state index contributed by atoms with van der Waals surface area (Å²) in [5.74, 6) is -0.731. The van der Waals surface area contributed by atoms with E-state index in [1.165, 1.54) is 0 Å². The van der Waals surface area contributed by atoms with Gasteiger partial charge in [0.2, 0.25) is 0 Å². The average Bonchev–Trinajstić information content (AvgIpc) is 2.64. The zero-order valence-corrected chi connectivity index (χ0v) is 13.1. The van der Waals surface area contributed by atoms with Gasteiger partial charge in [-0.05, 0) is 48.7 Å². The fourth-order valence-corrected chi connectivity index (χ4v) is 2.23. The molecular weight excluding hydrogens is 294 g/mol. The molecule has 0 aliphatic carbocycles. The number of rotatable bonds is 7. The van der Waals surface area contributed by atoms with Crippen molar-refractivity contribution in [1.82, 2.24) is 5.32 Å². The van der Waals surface area contributed by atoms with E-state index in [1.54, 1.807) is 7.11 Å². The van der Waals surface area contributed by atoms with Crippen LogP contribution < -0.4 is 10.1 Å². The molecule has 0 saturated carbocycles. The summed E-state index contributed by atoms with van der Waals surface area (Å²) in [7, 11) is 1.60. The summed E-state index contributed by atoms with van der Waals surface area (Å²) < 4.78 is 28.2. The van der Waals surface area contributed by atoms with E-state index in [1.807, 2.05) is 31.2 Å². The van der Waals surface area contributed by atoms with Gasteiger partial charge in [-0.3, -0.25) is 0 Å². The van der Waals surface area contributed by atoms with Crippen molar-refractivity contribution in [3.63, 3.8) is 0 Å². The van der Waals surface area contributed by atoms with Gasteiger partial charge in [0.1, 0.15) is 17.2 Å². The van der Waals surface area contributed by atoms with Crippen LogP contribution in [0.4, 0.5) is 0 Å². The molecule has 124 valence electrons. The summed E-state index contributed by atoms with van der Waals surface area (Å²) in [6, 6.07) is 5.90. The molecule has 0 amide bonds. The number of phenols is 2. The predicted molar refractivity (Wildman–Crippen MR) is 88.9 cm³/mol. The summed E-state index contributed by atoms with van der Waals surface area (Å²) in [4.78, 5) is 0. The standard InChI is InChI=1S/C18H23NO4/c1-12(7-13-3-5-17(23-2)6-4-13)19-11-18(22)14-8-15(20)10-16(21)9-14/h3-6,8-10,12,18-22H,7,11H2,1-2H3/t12-,18+/m1/s1/i8T,9T,10T. The topological polar surface area (TPSA) is 82.0 Å². The molecule has 0 spiro atoms. The SMILES string of the molecule is [3H]c1c(O)c([3H])c([C@@H](O)CN[C@H](C)Cc2ccc(OC)cc2)c([3H])c1O. The Morgan fingerprint density at radius 1 is 1.13 bits per heavy atom. The molecule has 0 aliphatic heterocycles. The van der Waals surface area contributed by atoms with Crippen molar-refractivity contribution in [2.24, 2.45) is 0 Å². The molecule has 2 rings (SSSR count). The maximum atomic E-state index is 10.3. The van der Waals surface area contributed by atoms with Crippen molar-refractivity contribution < 1.29 is 24.2 Å². The fraction of sp³-hybridized carbons (Fsp3) is 0.333.